The molecule has 9 heteroatoms. The zero-order valence-corrected chi connectivity index (χ0v) is 21.5. The van der Waals surface area contributed by atoms with Crippen molar-refractivity contribution in [2.75, 3.05) is 19.6 Å². The summed E-state index contributed by atoms with van der Waals surface area (Å²) in [5.74, 6) is -0.0954. The highest BCUT2D eigenvalue weighted by Crippen LogP contribution is 2.30. The number of rotatable bonds is 7. The number of hydrogen-bond acceptors (Lipinski definition) is 5. The lowest BCUT2D eigenvalue weighted by atomic mass is 10.0. The van der Waals surface area contributed by atoms with E-state index >= 15 is 0 Å². The fourth-order valence-electron chi connectivity index (χ4n) is 5.25. The number of aromatic nitrogens is 1. The van der Waals surface area contributed by atoms with Gasteiger partial charge in [-0.05, 0) is 67.8 Å². The van der Waals surface area contributed by atoms with E-state index in [4.69, 9.17) is 10.8 Å². The van der Waals surface area contributed by atoms with Crippen molar-refractivity contribution in [2.45, 2.75) is 25.8 Å². The van der Waals surface area contributed by atoms with Gasteiger partial charge in [0.1, 0.15) is 0 Å². The summed E-state index contributed by atoms with van der Waals surface area (Å²) in [6.07, 6.45) is 1.50. The van der Waals surface area contributed by atoms with E-state index < -0.39 is 0 Å². The van der Waals surface area contributed by atoms with Gasteiger partial charge in [0, 0.05) is 57.6 Å². The highest BCUT2D eigenvalue weighted by atomic mass is 16.1. The number of benzene rings is 3. The Morgan fingerprint density at radius 2 is 1.74 bits per heavy atom. The van der Waals surface area contributed by atoms with Gasteiger partial charge in [0.2, 0.25) is 0 Å². The quantitative estimate of drug-likeness (QED) is 0.143. The van der Waals surface area contributed by atoms with Crippen molar-refractivity contribution < 1.29 is 9.59 Å². The Labute approximate surface area is 225 Å². The first-order valence-corrected chi connectivity index (χ1v) is 12.8. The molecule has 0 radical (unpaired) electrons. The van der Waals surface area contributed by atoms with Crippen LogP contribution in [0.3, 0.4) is 0 Å². The highest BCUT2D eigenvalue weighted by molar-refractivity contribution is 6.10. The number of nitrogens with one attached hydrogen (secondary N) is 1. The predicted octanol–water partition coefficient (Wildman–Crippen LogP) is 5.83. The van der Waals surface area contributed by atoms with Crippen LogP contribution in [0.1, 0.15) is 44.8 Å². The minimum atomic E-state index is -0.164. The van der Waals surface area contributed by atoms with Crippen LogP contribution in [-0.2, 0) is 0 Å². The molecule has 1 aliphatic rings. The zero-order chi connectivity index (χ0) is 27.4. The lowest BCUT2D eigenvalue weighted by Crippen LogP contribution is -2.46. The summed E-state index contributed by atoms with van der Waals surface area (Å²) in [4.78, 5) is 31.1. The normalized spacial score (nSPS) is 13.9. The van der Waals surface area contributed by atoms with Gasteiger partial charge in [0.15, 0.2) is 5.78 Å². The molecule has 39 heavy (non-hydrogen) atoms. The number of piperidine rings is 1. The summed E-state index contributed by atoms with van der Waals surface area (Å²) in [6.45, 7) is 3.69. The first-order chi connectivity index (χ1) is 19.0. The second-order valence-corrected chi connectivity index (χ2v) is 9.66. The lowest BCUT2D eigenvalue weighted by molar-refractivity contribution is 0.0859. The van der Waals surface area contributed by atoms with E-state index in [-0.39, 0.29) is 17.7 Å². The maximum atomic E-state index is 13.6. The van der Waals surface area contributed by atoms with Gasteiger partial charge in [-0.2, -0.15) is 5.26 Å². The Kier molecular flexibility index (Phi) is 7.41. The molecule has 1 amide bonds. The van der Waals surface area contributed by atoms with E-state index in [1.165, 1.54) is 0 Å². The number of fused-ring (bicyclic) bond motifs is 1. The molecular weight excluding hydrogens is 490 g/mol. The predicted molar refractivity (Wildman–Crippen MR) is 149 cm³/mol. The molecule has 0 aliphatic carbocycles. The first kappa shape index (κ1) is 25.7. The molecule has 1 N–H and O–H groups in total. The van der Waals surface area contributed by atoms with Gasteiger partial charge in [-0.15, -0.1) is 0 Å². The Hall–Kier alpha value is -4.90. The third-order valence-electron chi connectivity index (χ3n) is 7.22. The van der Waals surface area contributed by atoms with E-state index in [2.05, 4.69) is 30.9 Å². The number of para-hydroxylation sites is 1. The number of Topliss-reactive ketones (excluding diaryl/α,β-unsaturated/α-hetero) is 1. The van der Waals surface area contributed by atoms with Crippen molar-refractivity contribution >= 4 is 28.3 Å². The fraction of sp³-hybridized carbons (Fsp3) is 0.233. The lowest BCUT2D eigenvalue weighted by Gasteiger charge is -2.32. The first-order valence-electron chi connectivity index (χ1n) is 12.8. The molecule has 9 nitrogen and oxygen atoms in total. The van der Waals surface area contributed by atoms with Crippen LogP contribution in [0, 0.1) is 18.3 Å². The molecule has 4 aromatic rings. The van der Waals surface area contributed by atoms with E-state index in [1.807, 2.05) is 43.3 Å². The van der Waals surface area contributed by atoms with Crippen LogP contribution in [0.4, 0.5) is 5.69 Å². The van der Waals surface area contributed by atoms with Crippen LogP contribution in [0.2, 0.25) is 0 Å². The molecule has 5 rings (SSSR count). The topological polar surface area (TPSA) is 127 Å². The van der Waals surface area contributed by atoms with Crippen LogP contribution in [-0.4, -0.2) is 46.8 Å². The SMILES string of the molecule is Cc1c(C(=O)CN2CCC(NC(=O)c3ccc(N=[N+]=[N-])cc3)CC2)c2ccccc2n1-c1ccc(C#N)cc1. The Balaban J connectivity index is 1.25. The Morgan fingerprint density at radius 1 is 1.05 bits per heavy atom. The number of carbonyl (C=O) groups excluding carboxylic acids is 2. The minimum Gasteiger partial charge on any atom is -0.349 e. The standard InChI is InChI=1S/C30H27N7O2/c1-20-29(26-4-2-3-5-27(26)37(20)25-12-6-21(18-31)7-13-25)28(38)19-36-16-14-23(15-17-36)33-30(39)22-8-10-24(11-9-22)34-35-32/h2-13,23H,14-17,19H2,1H3,(H,33,39). The maximum Gasteiger partial charge on any atom is 0.251 e. The minimum absolute atomic E-state index is 0.0284. The van der Waals surface area contributed by atoms with E-state index in [1.54, 1.807) is 36.4 Å². The third kappa shape index (κ3) is 5.39. The second kappa shape index (κ2) is 11.2. The molecule has 0 spiro atoms. The van der Waals surface area contributed by atoms with Gasteiger partial charge in [0.05, 0.1) is 23.7 Å². The number of ketones is 1. The van der Waals surface area contributed by atoms with E-state index in [0.29, 0.717) is 36.4 Å². The number of likely N-dealkylation sites (tertiary alicyclic amines) is 1. The van der Waals surface area contributed by atoms with Crippen molar-refractivity contribution in [3.8, 4) is 11.8 Å². The third-order valence-corrected chi connectivity index (χ3v) is 7.22. The van der Waals surface area contributed by atoms with E-state index in [9.17, 15) is 9.59 Å². The summed E-state index contributed by atoms with van der Waals surface area (Å²) in [6, 6.07) is 24.0. The van der Waals surface area contributed by atoms with Crippen LogP contribution in [0.5, 0.6) is 0 Å². The number of nitrogens with zero attached hydrogens (tertiary/aromatic N) is 6. The van der Waals surface area contributed by atoms with Gasteiger partial charge in [-0.3, -0.25) is 14.5 Å². The average molecular weight is 518 g/mol. The molecule has 0 atom stereocenters. The summed E-state index contributed by atoms with van der Waals surface area (Å²) >= 11 is 0. The van der Waals surface area contributed by atoms with Crippen LogP contribution < -0.4 is 5.32 Å². The molecule has 0 unspecified atom stereocenters. The van der Waals surface area contributed by atoms with Gasteiger partial charge in [0.25, 0.3) is 5.91 Å². The van der Waals surface area contributed by atoms with Gasteiger partial charge < -0.3 is 9.88 Å². The number of carbonyl (C=O) groups is 2. The summed E-state index contributed by atoms with van der Waals surface area (Å²) in [5, 5.41) is 16.7. The van der Waals surface area contributed by atoms with Crippen LogP contribution >= 0.6 is 0 Å². The van der Waals surface area contributed by atoms with E-state index in [0.717, 1.165) is 40.7 Å². The molecule has 3 aromatic carbocycles. The monoisotopic (exact) mass is 517 g/mol. The number of nitriles is 1. The van der Waals surface area contributed by atoms with Crippen molar-refractivity contribution in [2.24, 2.45) is 5.11 Å². The summed E-state index contributed by atoms with van der Waals surface area (Å²) in [7, 11) is 0. The smallest absolute Gasteiger partial charge is 0.251 e. The van der Waals surface area contributed by atoms with Crippen LogP contribution in [0.15, 0.2) is 77.9 Å². The largest absolute Gasteiger partial charge is 0.349 e. The zero-order valence-electron chi connectivity index (χ0n) is 21.5. The van der Waals surface area contributed by atoms with Crippen molar-refractivity contribution in [3.63, 3.8) is 0 Å². The molecule has 1 aromatic heterocycles. The Bertz CT molecular complexity index is 1620. The van der Waals surface area contributed by atoms with Crippen molar-refractivity contribution in [1.29, 1.82) is 5.26 Å². The molecule has 0 bridgehead atoms. The molecule has 0 saturated carbocycles. The maximum absolute atomic E-state index is 13.6. The molecule has 1 fully saturated rings. The van der Waals surface area contributed by atoms with Gasteiger partial charge in [-0.25, -0.2) is 0 Å². The van der Waals surface area contributed by atoms with Crippen molar-refractivity contribution in [1.82, 2.24) is 14.8 Å². The number of hydrogen-bond donors (Lipinski definition) is 1. The van der Waals surface area contributed by atoms with Crippen LogP contribution in [0.25, 0.3) is 27.0 Å². The van der Waals surface area contributed by atoms with Gasteiger partial charge in [-0.1, -0.05) is 35.4 Å². The second-order valence-electron chi connectivity index (χ2n) is 9.66. The fourth-order valence-corrected chi connectivity index (χ4v) is 5.25. The molecular formula is C30H27N7O2. The Morgan fingerprint density at radius 3 is 2.41 bits per heavy atom. The highest BCUT2D eigenvalue weighted by Gasteiger charge is 2.26. The number of amides is 1. The average Bonchev–Trinajstić information content (AvgIpc) is 3.26. The molecule has 2 heterocycles. The summed E-state index contributed by atoms with van der Waals surface area (Å²) < 4.78 is 2.07. The van der Waals surface area contributed by atoms with Crippen molar-refractivity contribution in [3.05, 3.63) is 106 Å². The molecule has 1 saturated heterocycles. The number of azide groups is 1. The van der Waals surface area contributed by atoms with Gasteiger partial charge >= 0.3 is 0 Å². The summed E-state index contributed by atoms with van der Waals surface area (Å²) in [5.41, 5.74) is 13.5. The molecule has 194 valence electrons. The molecule has 1 aliphatic heterocycles.